The SMILES string of the molecule is CC(C)(C)O.CN(C)c1cc(CN)c(O)c2c1CC1CC3C(C(=O)C(C(N)=O)=C(O)[C@@H]3N(C)C)C(=O)C1=C2O.O.[HH].[HH]. The molecular weight excluding hydrogens is 520 g/mol. The van der Waals surface area contributed by atoms with Crippen LogP contribution in [0.2, 0.25) is 0 Å². The monoisotopic (exact) mass is 566 g/mol. The van der Waals surface area contributed by atoms with Crippen molar-refractivity contribution in [3.8, 4) is 5.75 Å². The molecule has 1 fully saturated rings. The number of benzene rings is 1. The number of Topliss-reactive ketones (excluding diaryl/α,β-unsaturated/α-hetero) is 2. The van der Waals surface area contributed by atoms with E-state index in [2.05, 4.69) is 0 Å². The summed E-state index contributed by atoms with van der Waals surface area (Å²) >= 11 is 0. The Bertz CT molecular complexity index is 1280. The van der Waals surface area contributed by atoms with Gasteiger partial charge in [-0.15, -0.1) is 0 Å². The number of hydrogen-bond acceptors (Lipinski definition) is 10. The van der Waals surface area contributed by atoms with Crippen LogP contribution in [0, 0.1) is 17.8 Å². The second-order valence-corrected chi connectivity index (χ2v) is 11.8. The number of ketones is 2. The first-order valence-corrected chi connectivity index (χ1v) is 12.8. The molecule has 12 heteroatoms. The summed E-state index contributed by atoms with van der Waals surface area (Å²) in [4.78, 5) is 42.4. The van der Waals surface area contributed by atoms with Gasteiger partial charge in [-0.2, -0.15) is 0 Å². The number of fused-ring (bicyclic) bond motifs is 3. The van der Waals surface area contributed by atoms with Gasteiger partial charge in [0.05, 0.1) is 23.1 Å². The fraction of sp³-hybridized carbons (Fsp3) is 0.536. The van der Waals surface area contributed by atoms with E-state index in [1.165, 1.54) is 0 Å². The van der Waals surface area contributed by atoms with E-state index in [0.29, 0.717) is 24.0 Å². The summed E-state index contributed by atoms with van der Waals surface area (Å²) in [7, 11) is 7.04. The number of nitrogens with two attached hydrogens (primary N) is 2. The van der Waals surface area contributed by atoms with E-state index in [4.69, 9.17) is 16.6 Å². The number of primary amides is 1. The zero-order chi connectivity index (χ0) is 29.7. The highest BCUT2D eigenvalue weighted by atomic mass is 16.3. The van der Waals surface area contributed by atoms with E-state index in [9.17, 15) is 29.7 Å². The molecule has 0 saturated heterocycles. The number of aliphatic hydroxyl groups excluding tert-OH is 2. The van der Waals surface area contributed by atoms with E-state index in [-0.39, 0.29) is 37.5 Å². The maximum atomic E-state index is 13.7. The van der Waals surface area contributed by atoms with Gasteiger partial charge in [0.2, 0.25) is 0 Å². The molecular formula is C28H46N4O8. The number of amides is 1. The second-order valence-electron chi connectivity index (χ2n) is 11.8. The third-order valence-corrected chi connectivity index (χ3v) is 7.32. The molecule has 0 aliphatic heterocycles. The summed E-state index contributed by atoms with van der Waals surface area (Å²) in [5, 5.41) is 41.4. The first-order valence-electron chi connectivity index (χ1n) is 12.8. The minimum atomic E-state index is -1.27. The number of allylic oxidation sites excluding steroid dienone is 1. The van der Waals surface area contributed by atoms with Crippen molar-refractivity contribution in [1.29, 1.82) is 0 Å². The third kappa shape index (κ3) is 5.71. The van der Waals surface area contributed by atoms with Crippen molar-refractivity contribution in [1.82, 2.24) is 4.90 Å². The molecule has 40 heavy (non-hydrogen) atoms. The summed E-state index contributed by atoms with van der Waals surface area (Å²) < 4.78 is 0. The number of phenolic OH excluding ortho intramolecular Hbond substituents is 1. The van der Waals surface area contributed by atoms with E-state index in [1.54, 1.807) is 45.8 Å². The number of likely N-dealkylation sites (N-methyl/N-ethyl adjacent to an activating group) is 1. The Morgan fingerprint density at radius 1 is 1.10 bits per heavy atom. The molecule has 3 unspecified atom stereocenters. The normalized spacial score (nSPS) is 23.9. The lowest BCUT2D eigenvalue weighted by atomic mass is 9.59. The minimum Gasteiger partial charge on any atom is -0.510 e. The Kier molecular flexibility index (Phi) is 9.48. The van der Waals surface area contributed by atoms with Crippen LogP contribution in [-0.4, -0.2) is 88.1 Å². The first kappa shape index (κ1) is 32.8. The topological polar surface area (TPSA) is 222 Å². The van der Waals surface area contributed by atoms with E-state index >= 15 is 0 Å². The molecule has 12 nitrogen and oxygen atoms in total. The molecule has 10 N–H and O–H groups in total. The lowest BCUT2D eigenvalue weighted by Crippen LogP contribution is -2.55. The highest BCUT2D eigenvalue weighted by molar-refractivity contribution is 6.28. The largest absolute Gasteiger partial charge is 0.510 e. The van der Waals surface area contributed by atoms with Gasteiger partial charge in [-0.3, -0.25) is 19.3 Å². The first-order chi connectivity index (χ1) is 17.9. The van der Waals surface area contributed by atoms with Gasteiger partial charge in [0, 0.05) is 40.3 Å². The van der Waals surface area contributed by atoms with Crippen LogP contribution in [0.15, 0.2) is 23.0 Å². The van der Waals surface area contributed by atoms with Gasteiger partial charge in [0.1, 0.15) is 22.8 Å². The van der Waals surface area contributed by atoms with E-state index in [0.717, 1.165) is 5.69 Å². The number of aromatic hydroxyl groups is 1. The zero-order valence-electron chi connectivity index (χ0n) is 24.1. The Morgan fingerprint density at radius 3 is 2.10 bits per heavy atom. The summed E-state index contributed by atoms with van der Waals surface area (Å²) in [6.07, 6.45) is 0.656. The van der Waals surface area contributed by atoms with Crippen molar-refractivity contribution in [2.45, 2.75) is 51.8 Å². The van der Waals surface area contributed by atoms with Gasteiger partial charge < -0.3 is 42.3 Å². The van der Waals surface area contributed by atoms with Crippen molar-refractivity contribution in [2.24, 2.45) is 29.2 Å². The number of anilines is 1. The lowest BCUT2D eigenvalue weighted by Gasteiger charge is -2.46. The minimum absolute atomic E-state index is 0. The van der Waals surface area contributed by atoms with Crippen molar-refractivity contribution >= 4 is 28.9 Å². The molecule has 3 aliphatic carbocycles. The van der Waals surface area contributed by atoms with E-state index in [1.807, 2.05) is 19.0 Å². The Hall–Kier alpha value is -3.45. The molecule has 0 bridgehead atoms. The van der Waals surface area contributed by atoms with Crippen LogP contribution in [0.4, 0.5) is 5.69 Å². The maximum Gasteiger partial charge on any atom is 0.255 e. The molecule has 1 aromatic rings. The Labute approximate surface area is 236 Å². The fourth-order valence-electron chi connectivity index (χ4n) is 5.92. The molecule has 0 aromatic heterocycles. The number of aliphatic hydroxyl groups is 3. The van der Waals surface area contributed by atoms with Gasteiger partial charge >= 0.3 is 0 Å². The van der Waals surface area contributed by atoms with Crippen LogP contribution in [0.3, 0.4) is 0 Å². The summed E-state index contributed by atoms with van der Waals surface area (Å²) in [6.45, 7) is 5.26. The average molecular weight is 567 g/mol. The highest BCUT2D eigenvalue weighted by Crippen LogP contribution is 2.52. The van der Waals surface area contributed by atoms with Crippen LogP contribution in [0.25, 0.3) is 5.76 Å². The number of rotatable bonds is 4. The second kappa shape index (κ2) is 11.6. The number of phenols is 1. The van der Waals surface area contributed by atoms with Gasteiger partial charge in [0.25, 0.3) is 5.91 Å². The van der Waals surface area contributed by atoms with E-state index < -0.39 is 58.2 Å². The predicted octanol–water partition coefficient (Wildman–Crippen LogP) is 0.818. The summed E-state index contributed by atoms with van der Waals surface area (Å²) in [5.41, 5.74) is 12.2. The number of carbonyl (C=O) groups excluding carboxylic acids is 3. The Balaban J connectivity index is 0.00000194. The van der Waals surface area contributed by atoms with Gasteiger partial charge in [0.15, 0.2) is 11.6 Å². The third-order valence-electron chi connectivity index (χ3n) is 7.32. The molecule has 4 atom stereocenters. The molecule has 4 rings (SSSR count). The predicted molar refractivity (Wildman–Crippen MR) is 155 cm³/mol. The van der Waals surface area contributed by atoms with Crippen molar-refractivity contribution in [3.05, 3.63) is 39.7 Å². The lowest BCUT2D eigenvalue weighted by molar-refractivity contribution is -0.136. The van der Waals surface area contributed by atoms with Crippen LogP contribution < -0.4 is 16.4 Å². The number of hydrogen-bond donors (Lipinski definition) is 6. The smallest absolute Gasteiger partial charge is 0.255 e. The van der Waals surface area contributed by atoms with Crippen LogP contribution in [0.1, 0.15) is 46.7 Å². The summed E-state index contributed by atoms with van der Waals surface area (Å²) in [5.74, 6) is -5.87. The molecule has 0 spiro atoms. The molecule has 1 aromatic carbocycles. The molecule has 3 aliphatic rings. The summed E-state index contributed by atoms with van der Waals surface area (Å²) in [6, 6.07) is 1.00. The molecule has 0 heterocycles. The van der Waals surface area contributed by atoms with Crippen LogP contribution in [0.5, 0.6) is 5.75 Å². The highest BCUT2D eigenvalue weighted by Gasteiger charge is 2.55. The van der Waals surface area contributed by atoms with Gasteiger partial charge in [-0.25, -0.2) is 0 Å². The molecule has 1 amide bonds. The fourth-order valence-corrected chi connectivity index (χ4v) is 5.92. The van der Waals surface area contributed by atoms with Crippen molar-refractivity contribution in [3.63, 3.8) is 0 Å². The number of carbonyl (C=O) groups is 3. The average Bonchev–Trinajstić information content (AvgIpc) is 2.76. The standard InChI is InChI=1S/C24H30N4O6.C4H10O.H2O.2H2/c1-27(2)13-7-10(8-25)19(29)15-11(13)5-9-6-12-16(21(31)14(9)20(15)30)22(32)17(24(26)34)23(33)18(12)28(3)4;1-4(2,3)5;;;/h7,9,12,16,18,29-30,33H,5-6,8,25H2,1-4H3,(H2,26,34);5H,1-3H3;1H2;2*1H/t9?,12?,16?,18-;;;;/m1..../s1. The van der Waals surface area contributed by atoms with Gasteiger partial charge in [-0.05, 0) is 71.2 Å². The van der Waals surface area contributed by atoms with Gasteiger partial charge in [-0.1, -0.05) is 0 Å². The van der Waals surface area contributed by atoms with Crippen molar-refractivity contribution < 1.29 is 43.1 Å². The van der Waals surface area contributed by atoms with Crippen LogP contribution in [-0.2, 0) is 27.3 Å². The molecule has 1 saturated carbocycles. The maximum absolute atomic E-state index is 13.7. The quantitative estimate of drug-likeness (QED) is 0.222. The Morgan fingerprint density at radius 2 is 1.65 bits per heavy atom. The molecule has 0 radical (unpaired) electrons. The van der Waals surface area contributed by atoms with Crippen LogP contribution >= 0.6 is 0 Å². The number of nitrogens with zero attached hydrogens (tertiary/aromatic N) is 2. The van der Waals surface area contributed by atoms with Crippen molar-refractivity contribution in [2.75, 3.05) is 33.1 Å². The molecule has 226 valence electrons. The zero-order valence-corrected chi connectivity index (χ0v) is 24.1.